The molecule has 1 saturated carbocycles. The summed E-state index contributed by atoms with van der Waals surface area (Å²) < 4.78 is 0. The van der Waals surface area contributed by atoms with Gasteiger partial charge in [-0.25, -0.2) is 0 Å². The number of para-hydroxylation sites is 1. The van der Waals surface area contributed by atoms with E-state index in [4.69, 9.17) is 5.73 Å². The molecule has 3 heteroatoms. The van der Waals surface area contributed by atoms with Crippen molar-refractivity contribution < 1.29 is 4.79 Å². The fourth-order valence-corrected chi connectivity index (χ4v) is 2.21. The number of nitrogens with one attached hydrogen (secondary N) is 1. The molecule has 3 nitrogen and oxygen atoms in total. The maximum absolute atomic E-state index is 12.0. The molecule has 2 unspecified atom stereocenters. The average Bonchev–Trinajstić information content (AvgIpc) is 2.88. The minimum absolute atomic E-state index is 0.0277. The van der Waals surface area contributed by atoms with Crippen molar-refractivity contribution in [3.63, 3.8) is 0 Å². The fraction of sp³-hybridized carbons (Fsp3) is 0.500. The van der Waals surface area contributed by atoms with E-state index in [0.29, 0.717) is 0 Å². The third-order valence-electron chi connectivity index (χ3n) is 3.65. The Hall–Kier alpha value is -1.51. The molecular formula is C14H20N2O. The molecule has 17 heavy (non-hydrogen) atoms. The largest absolute Gasteiger partial charge is 0.398 e. The summed E-state index contributed by atoms with van der Waals surface area (Å²) in [7, 11) is 0. The smallest absolute Gasteiger partial charge is 0.224 e. The summed E-state index contributed by atoms with van der Waals surface area (Å²) in [6, 6.07) is 7.63. The van der Waals surface area contributed by atoms with Crippen LogP contribution in [0.5, 0.6) is 0 Å². The Morgan fingerprint density at radius 3 is 2.59 bits per heavy atom. The van der Waals surface area contributed by atoms with Gasteiger partial charge in [0.15, 0.2) is 0 Å². The van der Waals surface area contributed by atoms with E-state index in [2.05, 4.69) is 19.2 Å². The maximum atomic E-state index is 12.0. The van der Waals surface area contributed by atoms with Gasteiger partial charge in [0.05, 0.1) is 6.04 Å². The van der Waals surface area contributed by atoms with E-state index < -0.39 is 0 Å². The molecule has 0 heterocycles. The zero-order chi connectivity index (χ0) is 12.6. The number of nitrogen functional groups attached to an aromatic ring is 1. The number of rotatable bonds is 3. The lowest BCUT2D eigenvalue weighted by Gasteiger charge is -2.16. The molecule has 1 fully saturated rings. The predicted octanol–water partition coefficient (Wildman–Crippen LogP) is 2.49. The molecule has 0 saturated heterocycles. The van der Waals surface area contributed by atoms with E-state index >= 15 is 0 Å². The molecule has 1 aromatic carbocycles. The minimum Gasteiger partial charge on any atom is -0.398 e. The Bertz CT molecular complexity index is 440. The van der Waals surface area contributed by atoms with Crippen molar-refractivity contribution in [1.29, 1.82) is 0 Å². The summed E-state index contributed by atoms with van der Waals surface area (Å²) >= 11 is 0. The molecule has 0 spiro atoms. The van der Waals surface area contributed by atoms with Gasteiger partial charge in [0.2, 0.25) is 5.91 Å². The van der Waals surface area contributed by atoms with E-state index in [9.17, 15) is 4.79 Å². The van der Waals surface area contributed by atoms with Gasteiger partial charge in [-0.3, -0.25) is 4.79 Å². The number of benzene rings is 1. The molecule has 1 amide bonds. The van der Waals surface area contributed by atoms with Crippen molar-refractivity contribution in [2.45, 2.75) is 33.2 Å². The highest BCUT2D eigenvalue weighted by Crippen LogP contribution is 2.51. The minimum atomic E-state index is -0.0277. The first-order chi connectivity index (χ1) is 7.92. The van der Waals surface area contributed by atoms with Crippen molar-refractivity contribution in [1.82, 2.24) is 5.32 Å². The summed E-state index contributed by atoms with van der Waals surface area (Å²) in [5.41, 5.74) is 7.78. The van der Waals surface area contributed by atoms with Gasteiger partial charge in [-0.05, 0) is 30.4 Å². The Balaban J connectivity index is 2.01. The first-order valence-corrected chi connectivity index (χ1v) is 6.06. The summed E-state index contributed by atoms with van der Waals surface area (Å²) in [5.74, 6) is 0.306. The summed E-state index contributed by atoms with van der Waals surface area (Å²) in [5, 5.41) is 3.04. The Kier molecular flexibility index (Phi) is 2.86. The van der Waals surface area contributed by atoms with Gasteiger partial charge in [0, 0.05) is 11.6 Å². The van der Waals surface area contributed by atoms with Crippen LogP contribution in [-0.2, 0) is 4.79 Å². The Morgan fingerprint density at radius 2 is 2.06 bits per heavy atom. The quantitative estimate of drug-likeness (QED) is 0.787. The van der Waals surface area contributed by atoms with Crippen LogP contribution >= 0.6 is 0 Å². The molecule has 1 aromatic rings. The van der Waals surface area contributed by atoms with Gasteiger partial charge >= 0.3 is 0 Å². The highest BCUT2D eigenvalue weighted by molar-refractivity contribution is 5.82. The monoisotopic (exact) mass is 232 g/mol. The van der Waals surface area contributed by atoms with E-state index in [1.165, 1.54) is 0 Å². The van der Waals surface area contributed by atoms with Crippen LogP contribution in [0.2, 0.25) is 0 Å². The van der Waals surface area contributed by atoms with Gasteiger partial charge in [0.1, 0.15) is 0 Å². The Morgan fingerprint density at radius 1 is 1.47 bits per heavy atom. The number of anilines is 1. The van der Waals surface area contributed by atoms with Crippen molar-refractivity contribution in [3.8, 4) is 0 Å². The van der Waals surface area contributed by atoms with E-state index in [-0.39, 0.29) is 23.3 Å². The number of carbonyl (C=O) groups is 1. The Labute approximate surface area is 102 Å². The zero-order valence-electron chi connectivity index (χ0n) is 10.7. The first-order valence-electron chi connectivity index (χ1n) is 6.06. The van der Waals surface area contributed by atoms with Crippen molar-refractivity contribution in [2.24, 2.45) is 11.3 Å². The van der Waals surface area contributed by atoms with Crippen molar-refractivity contribution in [2.75, 3.05) is 5.73 Å². The summed E-state index contributed by atoms with van der Waals surface area (Å²) in [6.07, 6.45) is 0.982. The lowest BCUT2D eigenvalue weighted by atomic mass is 10.1. The lowest BCUT2D eigenvalue weighted by Crippen LogP contribution is -2.29. The number of amides is 1. The molecule has 92 valence electrons. The van der Waals surface area contributed by atoms with Gasteiger partial charge in [-0.1, -0.05) is 32.0 Å². The van der Waals surface area contributed by atoms with Crippen LogP contribution in [0.1, 0.15) is 38.8 Å². The summed E-state index contributed by atoms with van der Waals surface area (Å²) in [6.45, 7) is 6.22. The summed E-state index contributed by atoms with van der Waals surface area (Å²) in [4.78, 5) is 12.0. The van der Waals surface area contributed by atoms with E-state index in [1.807, 2.05) is 31.2 Å². The SMILES string of the molecule is CC(NC(=O)C1CC1(C)C)c1ccccc1N. The van der Waals surface area contributed by atoms with Crippen LogP contribution in [0.4, 0.5) is 5.69 Å². The topological polar surface area (TPSA) is 55.1 Å². The standard InChI is InChI=1S/C14H20N2O/c1-9(10-6-4-5-7-12(10)15)16-13(17)11-8-14(11,2)3/h4-7,9,11H,8,15H2,1-3H3,(H,16,17). The molecule has 1 aliphatic rings. The molecule has 2 atom stereocenters. The zero-order valence-corrected chi connectivity index (χ0v) is 10.7. The van der Waals surface area contributed by atoms with E-state index in [1.54, 1.807) is 0 Å². The third-order valence-corrected chi connectivity index (χ3v) is 3.65. The highest BCUT2D eigenvalue weighted by atomic mass is 16.2. The number of nitrogens with two attached hydrogens (primary N) is 1. The van der Waals surface area contributed by atoms with Gasteiger partial charge in [0.25, 0.3) is 0 Å². The van der Waals surface area contributed by atoms with Crippen LogP contribution in [0.15, 0.2) is 24.3 Å². The average molecular weight is 232 g/mol. The second-order valence-electron chi connectivity index (χ2n) is 5.60. The second-order valence-corrected chi connectivity index (χ2v) is 5.60. The molecule has 0 aliphatic heterocycles. The molecule has 3 N–H and O–H groups in total. The van der Waals surface area contributed by atoms with Crippen LogP contribution in [-0.4, -0.2) is 5.91 Å². The third kappa shape index (κ3) is 2.43. The van der Waals surface area contributed by atoms with Crippen LogP contribution in [0.25, 0.3) is 0 Å². The van der Waals surface area contributed by atoms with Gasteiger partial charge < -0.3 is 11.1 Å². The molecule has 0 aromatic heterocycles. The number of hydrogen-bond acceptors (Lipinski definition) is 2. The normalized spacial score (nSPS) is 22.9. The van der Waals surface area contributed by atoms with Crippen LogP contribution < -0.4 is 11.1 Å². The lowest BCUT2D eigenvalue weighted by molar-refractivity contribution is -0.123. The number of hydrogen-bond donors (Lipinski definition) is 2. The predicted molar refractivity (Wildman–Crippen MR) is 69.3 cm³/mol. The maximum Gasteiger partial charge on any atom is 0.224 e. The fourth-order valence-electron chi connectivity index (χ4n) is 2.21. The van der Waals surface area contributed by atoms with Crippen molar-refractivity contribution in [3.05, 3.63) is 29.8 Å². The number of carbonyl (C=O) groups excluding carboxylic acids is 1. The second kappa shape index (κ2) is 4.06. The van der Waals surface area contributed by atoms with Crippen LogP contribution in [0, 0.1) is 11.3 Å². The molecule has 1 aliphatic carbocycles. The first kappa shape index (κ1) is 12.0. The highest BCUT2D eigenvalue weighted by Gasteiger charge is 2.50. The molecule has 0 bridgehead atoms. The van der Waals surface area contributed by atoms with E-state index in [0.717, 1.165) is 17.7 Å². The molecule has 2 rings (SSSR count). The van der Waals surface area contributed by atoms with Gasteiger partial charge in [-0.2, -0.15) is 0 Å². The molecule has 0 radical (unpaired) electrons. The van der Waals surface area contributed by atoms with Crippen LogP contribution in [0.3, 0.4) is 0 Å². The molecular weight excluding hydrogens is 212 g/mol. The van der Waals surface area contributed by atoms with Gasteiger partial charge in [-0.15, -0.1) is 0 Å². The van der Waals surface area contributed by atoms with Crippen molar-refractivity contribution >= 4 is 11.6 Å².